The lowest BCUT2D eigenvalue weighted by molar-refractivity contribution is 0.0587. The third kappa shape index (κ3) is 7.42. The Bertz CT molecular complexity index is 2510. The first kappa shape index (κ1) is 38.1. The third-order valence-corrected chi connectivity index (χ3v) is 11.3. The van der Waals surface area contributed by atoms with Gasteiger partial charge in [-0.2, -0.15) is 0 Å². The van der Waals surface area contributed by atoms with Gasteiger partial charge in [-0.1, -0.05) is 146 Å². The topological polar surface area (TPSA) is 108 Å². The van der Waals surface area contributed by atoms with Crippen molar-refractivity contribution in [2.75, 3.05) is 7.11 Å². The van der Waals surface area contributed by atoms with Crippen molar-refractivity contribution in [3.05, 3.63) is 203 Å². The summed E-state index contributed by atoms with van der Waals surface area (Å²) in [6.45, 7) is 2.55. The minimum Gasteiger partial charge on any atom is -0.508 e. The van der Waals surface area contributed by atoms with E-state index in [0.29, 0.717) is 35.9 Å². The van der Waals surface area contributed by atoms with Gasteiger partial charge in [0.25, 0.3) is 0 Å². The van der Waals surface area contributed by atoms with Gasteiger partial charge in [0, 0.05) is 29.2 Å². The number of esters is 1. The number of hydrogen-bond acceptors (Lipinski definition) is 8. The van der Waals surface area contributed by atoms with E-state index in [0.717, 1.165) is 56.1 Å². The lowest BCUT2D eigenvalue weighted by atomic mass is 9.77. The Hall–Kier alpha value is -6.78. The van der Waals surface area contributed by atoms with E-state index in [9.17, 15) is 9.90 Å². The second kappa shape index (κ2) is 17.2. The fraction of sp³-hybridized carbons (Fsp3) is 0.146. The molecule has 1 N–H and O–H groups in total. The number of phenolic OH excluding ortho intramolecular Hbond substituents is 1. The van der Waals surface area contributed by atoms with Crippen LogP contribution in [0.2, 0.25) is 0 Å². The third-order valence-electron chi connectivity index (χ3n) is 10.3. The smallest absolute Gasteiger partial charge is 0.356 e. The minimum absolute atomic E-state index is 0.208. The number of rotatable bonds is 14. The number of imidazole rings is 1. The van der Waals surface area contributed by atoms with Crippen LogP contribution < -0.4 is 0 Å². The Labute approximate surface area is 342 Å². The standard InChI is InChI=1S/C48H42N6O3S/c1-3-15-44-49-43(33-58-40-30-28-39(55)29-31-40)45(47(56)57-2)53(44)32-34-24-26-35(27-25-34)41-22-13-14-23-42(41)46-50-51-52-54(46)48(36-16-7-4-8-17-36,37-18-9-5-10-19-37)38-20-11-6-12-21-38/h4-14,16-31,55H,3,15,32-33H2,1-2H3. The summed E-state index contributed by atoms with van der Waals surface area (Å²) in [5.74, 6) is 1.73. The van der Waals surface area contributed by atoms with E-state index >= 15 is 0 Å². The highest BCUT2D eigenvalue weighted by Gasteiger charge is 2.42. The van der Waals surface area contributed by atoms with Crippen LogP contribution in [0, 0.1) is 0 Å². The lowest BCUT2D eigenvalue weighted by Crippen LogP contribution is -2.39. The first-order chi connectivity index (χ1) is 28.5. The molecular weight excluding hydrogens is 741 g/mol. The fourth-order valence-corrected chi connectivity index (χ4v) is 8.48. The van der Waals surface area contributed by atoms with Crippen molar-refractivity contribution in [2.45, 2.75) is 42.5 Å². The molecule has 0 radical (unpaired) electrons. The molecule has 0 aliphatic carbocycles. The second-order valence-corrected chi connectivity index (χ2v) is 14.9. The van der Waals surface area contributed by atoms with Gasteiger partial charge in [0.15, 0.2) is 11.5 Å². The molecule has 0 amide bonds. The molecule has 0 saturated carbocycles. The second-order valence-electron chi connectivity index (χ2n) is 13.9. The number of aromatic nitrogens is 6. The van der Waals surface area contributed by atoms with E-state index in [1.807, 2.05) is 51.7 Å². The number of carbonyl (C=O) groups is 1. The summed E-state index contributed by atoms with van der Waals surface area (Å²) in [6.07, 6.45) is 1.59. The van der Waals surface area contributed by atoms with E-state index < -0.39 is 11.5 Å². The van der Waals surface area contributed by atoms with Crippen LogP contribution in [-0.2, 0) is 29.0 Å². The number of hydrogen-bond donors (Lipinski definition) is 1. The summed E-state index contributed by atoms with van der Waals surface area (Å²) >= 11 is 1.56. The number of thioether (sulfide) groups is 1. The number of nitrogens with zero attached hydrogens (tertiary/aromatic N) is 6. The van der Waals surface area contributed by atoms with Gasteiger partial charge in [0.05, 0.1) is 12.8 Å². The first-order valence-electron chi connectivity index (χ1n) is 19.2. The van der Waals surface area contributed by atoms with E-state index in [4.69, 9.17) is 20.0 Å². The Morgan fingerprint density at radius 2 is 1.29 bits per heavy atom. The van der Waals surface area contributed by atoms with Gasteiger partial charge >= 0.3 is 5.97 Å². The number of carbonyl (C=O) groups excluding carboxylic acids is 1. The van der Waals surface area contributed by atoms with Gasteiger partial charge in [-0.15, -0.1) is 16.9 Å². The van der Waals surface area contributed by atoms with Gasteiger partial charge in [0.1, 0.15) is 17.1 Å². The van der Waals surface area contributed by atoms with Crippen LogP contribution in [0.1, 0.15) is 57.6 Å². The van der Waals surface area contributed by atoms with Gasteiger partial charge in [0.2, 0.25) is 0 Å². The maximum atomic E-state index is 13.3. The summed E-state index contributed by atoms with van der Waals surface area (Å²) in [7, 11) is 1.40. The number of aryl methyl sites for hydroxylation is 1. The molecule has 0 aliphatic heterocycles. The highest BCUT2D eigenvalue weighted by molar-refractivity contribution is 7.98. The van der Waals surface area contributed by atoms with Gasteiger partial charge in [-0.05, 0) is 74.5 Å². The monoisotopic (exact) mass is 782 g/mol. The molecular formula is C48H42N6O3S. The van der Waals surface area contributed by atoms with Gasteiger partial charge in [-0.25, -0.2) is 14.5 Å². The molecule has 8 aromatic rings. The zero-order valence-electron chi connectivity index (χ0n) is 32.3. The van der Waals surface area contributed by atoms with Crippen molar-refractivity contribution in [1.29, 1.82) is 0 Å². The summed E-state index contributed by atoms with van der Waals surface area (Å²) < 4.78 is 9.25. The van der Waals surface area contributed by atoms with Crippen molar-refractivity contribution >= 4 is 17.7 Å². The molecule has 0 saturated heterocycles. The molecule has 2 aromatic heterocycles. The number of tetrazole rings is 1. The molecule has 0 atom stereocenters. The predicted molar refractivity (Wildman–Crippen MR) is 228 cm³/mol. The molecule has 0 spiro atoms. The van der Waals surface area contributed by atoms with E-state index in [2.05, 4.69) is 121 Å². The van der Waals surface area contributed by atoms with E-state index in [-0.39, 0.29) is 5.75 Å². The molecule has 0 aliphatic rings. The molecule has 6 aromatic carbocycles. The van der Waals surface area contributed by atoms with Crippen LogP contribution in [0.3, 0.4) is 0 Å². The molecule has 8 rings (SSSR count). The first-order valence-corrected chi connectivity index (χ1v) is 20.2. The van der Waals surface area contributed by atoms with Gasteiger partial charge < -0.3 is 14.4 Å². The van der Waals surface area contributed by atoms with E-state index in [1.54, 1.807) is 23.9 Å². The molecule has 2 heterocycles. The van der Waals surface area contributed by atoms with Crippen molar-refractivity contribution in [2.24, 2.45) is 0 Å². The summed E-state index contributed by atoms with van der Waals surface area (Å²) in [5, 5.41) is 23.6. The maximum Gasteiger partial charge on any atom is 0.356 e. The summed E-state index contributed by atoms with van der Waals surface area (Å²) in [4.78, 5) is 19.3. The molecule has 0 bridgehead atoms. The van der Waals surface area contributed by atoms with Gasteiger partial charge in [-0.3, -0.25) is 0 Å². The molecule has 0 fully saturated rings. The molecule has 288 valence electrons. The Morgan fingerprint density at radius 3 is 1.86 bits per heavy atom. The number of phenols is 1. The molecule has 9 nitrogen and oxygen atoms in total. The van der Waals surface area contributed by atoms with Crippen molar-refractivity contribution < 1.29 is 14.6 Å². The Balaban J connectivity index is 1.17. The SMILES string of the molecule is CCCc1nc(CSc2ccc(O)cc2)c(C(=O)OC)n1Cc1ccc(-c2ccccc2-c2nnnn2C(c2ccccc2)(c2ccccc2)c2ccccc2)cc1. The normalized spacial score (nSPS) is 11.4. The fourth-order valence-electron chi connectivity index (χ4n) is 7.65. The van der Waals surface area contributed by atoms with Crippen LogP contribution in [0.5, 0.6) is 5.75 Å². The Kier molecular flexibility index (Phi) is 11.3. The molecule has 58 heavy (non-hydrogen) atoms. The number of aromatic hydroxyl groups is 1. The van der Waals surface area contributed by atoms with Crippen molar-refractivity contribution in [1.82, 2.24) is 29.8 Å². The number of methoxy groups -OCH3 is 1. The van der Waals surface area contributed by atoms with Crippen LogP contribution in [-0.4, -0.2) is 47.9 Å². The maximum absolute atomic E-state index is 13.3. The van der Waals surface area contributed by atoms with Crippen molar-refractivity contribution in [3.8, 4) is 28.3 Å². The average Bonchev–Trinajstić information content (AvgIpc) is 3.90. The summed E-state index contributed by atoms with van der Waals surface area (Å²) in [6, 6.07) is 54.8. The highest BCUT2D eigenvalue weighted by Crippen LogP contribution is 2.43. The summed E-state index contributed by atoms with van der Waals surface area (Å²) in [5.41, 5.74) is 7.19. The highest BCUT2D eigenvalue weighted by atomic mass is 32.2. The molecule has 0 unspecified atom stereocenters. The minimum atomic E-state index is -0.890. The quantitative estimate of drug-likeness (QED) is 0.0660. The zero-order chi connectivity index (χ0) is 39.9. The van der Waals surface area contributed by atoms with Crippen molar-refractivity contribution in [3.63, 3.8) is 0 Å². The predicted octanol–water partition coefficient (Wildman–Crippen LogP) is 9.83. The van der Waals surface area contributed by atoms with Crippen LogP contribution in [0.4, 0.5) is 0 Å². The largest absolute Gasteiger partial charge is 0.508 e. The Morgan fingerprint density at radius 1 is 0.724 bits per heavy atom. The van der Waals surface area contributed by atoms with E-state index in [1.165, 1.54) is 7.11 Å². The van der Waals surface area contributed by atoms with Crippen LogP contribution >= 0.6 is 11.8 Å². The van der Waals surface area contributed by atoms with Crippen LogP contribution in [0.25, 0.3) is 22.5 Å². The lowest BCUT2D eigenvalue weighted by Gasteiger charge is -2.36. The zero-order valence-corrected chi connectivity index (χ0v) is 33.1. The number of ether oxygens (including phenoxy) is 1. The number of benzene rings is 6. The molecule has 10 heteroatoms. The van der Waals surface area contributed by atoms with Crippen LogP contribution in [0.15, 0.2) is 169 Å². The average molecular weight is 783 g/mol.